The number of hydrogen-bond donors (Lipinski definition) is 1. The van der Waals surface area contributed by atoms with E-state index in [0.717, 1.165) is 21.9 Å². The SMILES string of the molecule is CCc1cccc(C)c1NC(=O)CN(Cc1cccc(Cl)c1)S(=O)(=O)c1ccc(Cl)cc1. The van der Waals surface area contributed by atoms with E-state index in [-0.39, 0.29) is 18.0 Å². The number of anilines is 1. The van der Waals surface area contributed by atoms with E-state index in [9.17, 15) is 13.2 Å². The summed E-state index contributed by atoms with van der Waals surface area (Å²) >= 11 is 12.0. The van der Waals surface area contributed by atoms with Gasteiger partial charge in [0.05, 0.1) is 11.4 Å². The lowest BCUT2D eigenvalue weighted by molar-refractivity contribution is -0.116. The molecule has 0 aliphatic heterocycles. The number of carbonyl (C=O) groups excluding carboxylic acids is 1. The van der Waals surface area contributed by atoms with Crippen LogP contribution in [0.25, 0.3) is 0 Å². The molecule has 0 aliphatic rings. The van der Waals surface area contributed by atoms with Crippen molar-refractivity contribution in [3.63, 3.8) is 0 Å². The summed E-state index contributed by atoms with van der Waals surface area (Å²) in [5.74, 6) is -0.423. The lowest BCUT2D eigenvalue weighted by Gasteiger charge is -2.23. The van der Waals surface area contributed by atoms with Crippen LogP contribution in [0.2, 0.25) is 10.0 Å². The molecule has 3 rings (SSSR count). The molecule has 0 bridgehead atoms. The van der Waals surface area contributed by atoms with Crippen molar-refractivity contribution in [2.45, 2.75) is 31.7 Å². The van der Waals surface area contributed by atoms with Gasteiger partial charge in [0.2, 0.25) is 15.9 Å². The van der Waals surface area contributed by atoms with Crippen LogP contribution in [0.15, 0.2) is 71.6 Å². The predicted octanol–water partition coefficient (Wildman–Crippen LogP) is 5.69. The topological polar surface area (TPSA) is 66.5 Å². The van der Waals surface area contributed by atoms with E-state index in [0.29, 0.717) is 21.3 Å². The monoisotopic (exact) mass is 490 g/mol. The van der Waals surface area contributed by atoms with Crippen molar-refractivity contribution in [1.82, 2.24) is 4.31 Å². The van der Waals surface area contributed by atoms with Gasteiger partial charge in [-0.1, -0.05) is 60.5 Å². The third-order valence-corrected chi connectivity index (χ3v) is 7.32. The van der Waals surface area contributed by atoms with Crippen molar-refractivity contribution in [2.75, 3.05) is 11.9 Å². The molecule has 0 saturated carbocycles. The number of amides is 1. The van der Waals surface area contributed by atoms with Crippen LogP contribution in [0.4, 0.5) is 5.69 Å². The summed E-state index contributed by atoms with van der Waals surface area (Å²) in [6, 6.07) is 18.5. The highest BCUT2D eigenvalue weighted by Gasteiger charge is 2.27. The Kier molecular flexibility index (Phi) is 7.96. The molecule has 0 radical (unpaired) electrons. The summed E-state index contributed by atoms with van der Waals surface area (Å²) in [6.45, 7) is 3.55. The Morgan fingerprint density at radius 2 is 1.66 bits per heavy atom. The quantitative estimate of drug-likeness (QED) is 0.440. The first-order chi connectivity index (χ1) is 15.2. The maximum Gasteiger partial charge on any atom is 0.243 e. The fourth-order valence-electron chi connectivity index (χ4n) is 3.36. The van der Waals surface area contributed by atoms with Gasteiger partial charge in [-0.15, -0.1) is 0 Å². The predicted molar refractivity (Wildman–Crippen MR) is 130 cm³/mol. The minimum atomic E-state index is -3.97. The highest BCUT2D eigenvalue weighted by Crippen LogP contribution is 2.24. The maximum atomic E-state index is 13.4. The number of benzene rings is 3. The van der Waals surface area contributed by atoms with Crippen molar-refractivity contribution in [2.24, 2.45) is 0 Å². The highest BCUT2D eigenvalue weighted by molar-refractivity contribution is 7.89. The number of halogens is 2. The van der Waals surface area contributed by atoms with Gasteiger partial charge < -0.3 is 5.32 Å². The van der Waals surface area contributed by atoms with Crippen LogP contribution in [-0.4, -0.2) is 25.2 Å². The second-order valence-electron chi connectivity index (χ2n) is 7.37. The summed E-state index contributed by atoms with van der Waals surface area (Å²) in [5.41, 5.74) is 3.29. The molecule has 0 fully saturated rings. The second-order valence-corrected chi connectivity index (χ2v) is 10.2. The number of nitrogens with zero attached hydrogens (tertiary/aromatic N) is 1. The molecule has 0 heterocycles. The molecule has 0 atom stereocenters. The largest absolute Gasteiger partial charge is 0.324 e. The summed E-state index contributed by atoms with van der Waals surface area (Å²) in [5, 5.41) is 3.81. The Bertz CT molecular complexity index is 1210. The van der Waals surface area contributed by atoms with Gasteiger partial charge in [0.1, 0.15) is 0 Å². The number of nitrogens with one attached hydrogen (secondary N) is 1. The van der Waals surface area contributed by atoms with Gasteiger partial charge in [-0.3, -0.25) is 4.79 Å². The molecular weight excluding hydrogens is 467 g/mol. The second kappa shape index (κ2) is 10.5. The van der Waals surface area contributed by atoms with Gasteiger partial charge in [0, 0.05) is 22.3 Å². The normalized spacial score (nSPS) is 11.5. The van der Waals surface area contributed by atoms with Crippen LogP contribution in [0, 0.1) is 6.92 Å². The first-order valence-electron chi connectivity index (χ1n) is 10.1. The molecule has 0 aromatic heterocycles. The van der Waals surface area contributed by atoms with E-state index in [1.165, 1.54) is 24.3 Å². The van der Waals surface area contributed by atoms with Crippen LogP contribution < -0.4 is 5.32 Å². The number of sulfonamides is 1. The fourth-order valence-corrected chi connectivity index (χ4v) is 5.08. The summed E-state index contributed by atoms with van der Waals surface area (Å²) < 4.78 is 27.9. The van der Waals surface area contributed by atoms with Crippen LogP contribution in [0.5, 0.6) is 0 Å². The molecule has 1 amide bonds. The molecule has 0 spiro atoms. The van der Waals surface area contributed by atoms with Gasteiger partial charge >= 0.3 is 0 Å². The number of hydrogen-bond acceptors (Lipinski definition) is 3. The Hall–Kier alpha value is -2.38. The smallest absolute Gasteiger partial charge is 0.243 e. The Balaban J connectivity index is 1.92. The zero-order valence-corrected chi connectivity index (χ0v) is 20.1. The third kappa shape index (κ3) is 5.90. The number of aryl methyl sites for hydroxylation is 2. The van der Waals surface area contributed by atoms with Crippen LogP contribution >= 0.6 is 23.2 Å². The molecule has 5 nitrogen and oxygen atoms in total. The van der Waals surface area contributed by atoms with E-state index in [1.54, 1.807) is 24.3 Å². The van der Waals surface area contributed by atoms with E-state index in [2.05, 4.69) is 5.32 Å². The van der Waals surface area contributed by atoms with E-state index in [4.69, 9.17) is 23.2 Å². The maximum absolute atomic E-state index is 13.4. The average molecular weight is 491 g/mol. The molecular formula is C24H24Cl2N2O3S. The Morgan fingerprint density at radius 3 is 2.31 bits per heavy atom. The molecule has 0 aliphatic carbocycles. The minimum absolute atomic E-state index is 0.00660. The molecule has 1 N–H and O–H groups in total. The molecule has 168 valence electrons. The number of carbonyl (C=O) groups is 1. The Labute approximate surface area is 199 Å². The molecule has 3 aromatic rings. The van der Waals surface area contributed by atoms with Gasteiger partial charge in [0.15, 0.2) is 0 Å². The van der Waals surface area contributed by atoms with Gasteiger partial charge in [-0.05, 0) is 66.4 Å². The highest BCUT2D eigenvalue weighted by atomic mass is 35.5. The number of rotatable bonds is 8. The fraction of sp³-hybridized carbons (Fsp3) is 0.208. The zero-order valence-electron chi connectivity index (χ0n) is 17.8. The van der Waals surface area contributed by atoms with Crippen molar-refractivity contribution < 1.29 is 13.2 Å². The lowest BCUT2D eigenvalue weighted by atomic mass is 10.1. The van der Waals surface area contributed by atoms with Crippen molar-refractivity contribution in [1.29, 1.82) is 0 Å². The standard InChI is InChI=1S/C24H24Cl2N2O3S/c1-3-19-8-4-6-17(2)24(19)27-23(29)16-28(15-18-7-5-9-21(26)14-18)32(30,31)22-12-10-20(25)11-13-22/h4-14H,3,15-16H2,1-2H3,(H,27,29). The van der Waals surface area contributed by atoms with Crippen LogP contribution in [0.1, 0.15) is 23.6 Å². The van der Waals surface area contributed by atoms with Crippen LogP contribution in [0.3, 0.4) is 0 Å². The van der Waals surface area contributed by atoms with E-state index >= 15 is 0 Å². The Morgan fingerprint density at radius 1 is 0.969 bits per heavy atom. The summed E-state index contributed by atoms with van der Waals surface area (Å²) in [7, 11) is -3.97. The van der Waals surface area contributed by atoms with E-state index < -0.39 is 15.9 Å². The van der Waals surface area contributed by atoms with Gasteiger partial charge in [-0.2, -0.15) is 4.31 Å². The lowest BCUT2D eigenvalue weighted by Crippen LogP contribution is -2.37. The molecule has 8 heteroatoms. The number of para-hydroxylation sites is 1. The van der Waals surface area contributed by atoms with Crippen LogP contribution in [-0.2, 0) is 27.8 Å². The van der Waals surface area contributed by atoms with Gasteiger partial charge in [0.25, 0.3) is 0 Å². The molecule has 3 aromatic carbocycles. The zero-order chi connectivity index (χ0) is 23.3. The third-order valence-electron chi connectivity index (χ3n) is 5.02. The molecule has 32 heavy (non-hydrogen) atoms. The van der Waals surface area contributed by atoms with Gasteiger partial charge in [-0.25, -0.2) is 8.42 Å². The first-order valence-corrected chi connectivity index (χ1v) is 12.3. The average Bonchev–Trinajstić information content (AvgIpc) is 2.75. The summed E-state index contributed by atoms with van der Waals surface area (Å²) in [6.07, 6.45) is 0.743. The minimum Gasteiger partial charge on any atom is -0.324 e. The summed E-state index contributed by atoms with van der Waals surface area (Å²) in [4.78, 5) is 13.0. The van der Waals surface area contributed by atoms with Crippen molar-refractivity contribution in [3.05, 3.63) is 93.5 Å². The molecule has 0 saturated heterocycles. The van der Waals surface area contributed by atoms with E-state index in [1.807, 2.05) is 32.0 Å². The van der Waals surface area contributed by atoms with Crippen molar-refractivity contribution in [3.8, 4) is 0 Å². The first kappa shape index (κ1) is 24.3. The molecule has 0 unspecified atom stereocenters. The van der Waals surface area contributed by atoms with Crippen molar-refractivity contribution >= 4 is 44.8 Å².